The molecule has 1 atom stereocenters. The number of rotatable bonds is 5. The zero-order chi connectivity index (χ0) is 10.5. The molecule has 5 heteroatoms. The SMILES string of the molecule is CC(C)OP(=O)(OCC#N)C(C)C. The van der Waals surface area contributed by atoms with Crippen LogP contribution in [0.1, 0.15) is 27.7 Å². The molecule has 1 unspecified atom stereocenters. The van der Waals surface area contributed by atoms with Crippen LogP contribution in [0.5, 0.6) is 0 Å². The molecule has 0 aromatic carbocycles. The van der Waals surface area contributed by atoms with Crippen LogP contribution in [0.25, 0.3) is 0 Å². The zero-order valence-electron chi connectivity index (χ0n) is 8.48. The lowest BCUT2D eigenvalue weighted by Gasteiger charge is -2.22. The summed E-state index contributed by atoms with van der Waals surface area (Å²) in [5.74, 6) is 0. The summed E-state index contributed by atoms with van der Waals surface area (Å²) in [6.07, 6.45) is -0.160. The summed E-state index contributed by atoms with van der Waals surface area (Å²) in [7, 11) is -3.09. The summed E-state index contributed by atoms with van der Waals surface area (Å²) in [5.41, 5.74) is -0.219. The van der Waals surface area contributed by atoms with Crippen LogP contribution in [0.2, 0.25) is 0 Å². The number of nitrogens with zero attached hydrogens (tertiary/aromatic N) is 1. The lowest BCUT2D eigenvalue weighted by molar-refractivity contribution is 0.174. The Morgan fingerprint density at radius 3 is 2.23 bits per heavy atom. The molecule has 0 aromatic heterocycles. The second-order valence-corrected chi connectivity index (χ2v) is 5.80. The highest BCUT2D eigenvalue weighted by Gasteiger charge is 2.30. The first-order valence-corrected chi connectivity index (χ1v) is 5.83. The first kappa shape index (κ1) is 12.6. The van der Waals surface area contributed by atoms with Crippen molar-refractivity contribution in [3.8, 4) is 6.07 Å². The fourth-order valence-corrected chi connectivity index (χ4v) is 2.14. The number of nitriles is 1. The van der Waals surface area contributed by atoms with Gasteiger partial charge >= 0.3 is 7.60 Å². The van der Waals surface area contributed by atoms with E-state index in [1.54, 1.807) is 33.8 Å². The van der Waals surface area contributed by atoms with Crippen LogP contribution in [0.15, 0.2) is 0 Å². The number of hydrogen-bond donors (Lipinski definition) is 0. The lowest BCUT2D eigenvalue weighted by Crippen LogP contribution is -2.10. The van der Waals surface area contributed by atoms with E-state index in [1.165, 1.54) is 0 Å². The molecule has 0 spiro atoms. The van der Waals surface area contributed by atoms with Crippen molar-refractivity contribution in [2.75, 3.05) is 6.61 Å². The van der Waals surface area contributed by atoms with Gasteiger partial charge in [-0.2, -0.15) is 5.26 Å². The molecule has 0 aromatic rings. The zero-order valence-corrected chi connectivity index (χ0v) is 9.38. The molecule has 4 nitrogen and oxygen atoms in total. The van der Waals surface area contributed by atoms with Gasteiger partial charge in [0.1, 0.15) is 6.61 Å². The molecule has 0 bridgehead atoms. The van der Waals surface area contributed by atoms with Gasteiger partial charge in [-0.25, -0.2) is 0 Å². The molecule has 0 aliphatic heterocycles. The lowest BCUT2D eigenvalue weighted by atomic mass is 10.5. The third-order valence-corrected chi connectivity index (χ3v) is 3.77. The molecule has 0 fully saturated rings. The van der Waals surface area contributed by atoms with Crippen LogP contribution >= 0.6 is 7.60 Å². The van der Waals surface area contributed by atoms with Gasteiger partial charge < -0.3 is 4.52 Å². The van der Waals surface area contributed by atoms with Gasteiger partial charge in [0.2, 0.25) is 0 Å². The van der Waals surface area contributed by atoms with Gasteiger partial charge in [0.05, 0.1) is 17.8 Å². The van der Waals surface area contributed by atoms with Gasteiger partial charge in [-0.05, 0) is 13.8 Å². The molecule has 0 amide bonds. The summed E-state index contributed by atoms with van der Waals surface area (Å²) in [6, 6.07) is 1.78. The van der Waals surface area contributed by atoms with E-state index in [-0.39, 0.29) is 18.4 Å². The molecule has 13 heavy (non-hydrogen) atoms. The highest BCUT2D eigenvalue weighted by atomic mass is 31.2. The van der Waals surface area contributed by atoms with Crippen molar-refractivity contribution >= 4 is 7.60 Å². The monoisotopic (exact) mass is 205 g/mol. The fourth-order valence-electron chi connectivity index (χ4n) is 0.714. The second-order valence-electron chi connectivity index (χ2n) is 3.22. The standard InChI is InChI=1S/C8H16NO3P/c1-7(2)12-13(10,8(3)4)11-6-5-9/h7-8H,6H2,1-4H3. The molecule has 0 saturated carbocycles. The van der Waals surface area contributed by atoms with Crippen molar-refractivity contribution in [3.63, 3.8) is 0 Å². The first-order valence-electron chi connectivity index (χ1n) is 4.22. The molecule has 0 rings (SSSR count). The Hall–Kier alpha value is -0.360. The maximum Gasteiger partial charge on any atom is 0.334 e. The van der Waals surface area contributed by atoms with Crippen molar-refractivity contribution in [1.29, 1.82) is 5.26 Å². The Kier molecular flexibility index (Phi) is 5.24. The summed E-state index contributed by atoms with van der Waals surface area (Å²) in [4.78, 5) is 0. The van der Waals surface area contributed by atoms with Gasteiger partial charge in [-0.1, -0.05) is 13.8 Å². The van der Waals surface area contributed by atoms with Crippen LogP contribution < -0.4 is 0 Å². The molecule has 76 valence electrons. The Bertz CT molecular complexity index is 232. The fraction of sp³-hybridized carbons (Fsp3) is 0.875. The van der Waals surface area contributed by atoms with Crippen LogP contribution in [0, 0.1) is 11.3 Å². The van der Waals surface area contributed by atoms with Crippen molar-refractivity contribution in [2.45, 2.75) is 39.5 Å². The van der Waals surface area contributed by atoms with Crippen LogP contribution in [0.4, 0.5) is 0 Å². The van der Waals surface area contributed by atoms with Gasteiger partial charge in [0.25, 0.3) is 0 Å². The van der Waals surface area contributed by atoms with Gasteiger partial charge in [0, 0.05) is 0 Å². The predicted molar refractivity (Wildman–Crippen MR) is 50.5 cm³/mol. The molecule has 0 radical (unpaired) electrons. The largest absolute Gasteiger partial charge is 0.334 e. The second kappa shape index (κ2) is 5.39. The minimum Gasteiger partial charge on any atom is -0.306 e. The van der Waals surface area contributed by atoms with E-state index in [0.717, 1.165) is 0 Å². The van der Waals surface area contributed by atoms with E-state index in [1.807, 2.05) is 0 Å². The topological polar surface area (TPSA) is 59.3 Å². The molecular formula is C8H16NO3P. The maximum absolute atomic E-state index is 11.9. The third kappa shape index (κ3) is 4.42. The van der Waals surface area contributed by atoms with Crippen molar-refractivity contribution in [3.05, 3.63) is 0 Å². The molecule has 0 aliphatic carbocycles. The van der Waals surface area contributed by atoms with E-state index in [4.69, 9.17) is 14.3 Å². The Labute approximate surface area is 79.4 Å². The Morgan fingerprint density at radius 2 is 1.92 bits per heavy atom. The normalized spacial score (nSPS) is 15.8. The smallest absolute Gasteiger partial charge is 0.306 e. The van der Waals surface area contributed by atoms with E-state index in [0.29, 0.717) is 0 Å². The minimum absolute atomic E-state index is 0.160. The molecule has 0 N–H and O–H groups in total. The molecular weight excluding hydrogens is 189 g/mol. The average Bonchev–Trinajstić information content (AvgIpc) is 1.99. The number of hydrogen-bond acceptors (Lipinski definition) is 4. The third-order valence-electron chi connectivity index (χ3n) is 1.30. The summed E-state index contributed by atoms with van der Waals surface area (Å²) in [6.45, 7) is 6.87. The van der Waals surface area contributed by atoms with E-state index < -0.39 is 7.60 Å². The summed E-state index contributed by atoms with van der Waals surface area (Å²) >= 11 is 0. The highest BCUT2D eigenvalue weighted by Crippen LogP contribution is 2.53. The van der Waals surface area contributed by atoms with E-state index in [9.17, 15) is 4.57 Å². The van der Waals surface area contributed by atoms with Crippen LogP contribution in [-0.4, -0.2) is 18.4 Å². The molecule has 0 saturated heterocycles. The highest BCUT2D eigenvalue weighted by molar-refractivity contribution is 7.54. The van der Waals surface area contributed by atoms with Gasteiger partial charge in [0.15, 0.2) is 0 Å². The van der Waals surface area contributed by atoms with E-state index >= 15 is 0 Å². The van der Waals surface area contributed by atoms with Crippen molar-refractivity contribution in [2.24, 2.45) is 0 Å². The van der Waals surface area contributed by atoms with Crippen molar-refractivity contribution in [1.82, 2.24) is 0 Å². The maximum atomic E-state index is 11.9. The van der Waals surface area contributed by atoms with Gasteiger partial charge in [-0.3, -0.25) is 9.09 Å². The predicted octanol–water partition coefficient (Wildman–Crippen LogP) is 2.55. The Balaban J connectivity index is 4.37. The first-order chi connectivity index (χ1) is 5.92. The Morgan fingerprint density at radius 1 is 1.38 bits per heavy atom. The quantitative estimate of drug-likeness (QED) is 0.647. The molecule has 0 heterocycles. The minimum atomic E-state index is -3.09. The van der Waals surface area contributed by atoms with E-state index in [2.05, 4.69) is 0 Å². The van der Waals surface area contributed by atoms with Crippen LogP contribution in [0.3, 0.4) is 0 Å². The molecule has 0 aliphatic rings. The van der Waals surface area contributed by atoms with Crippen molar-refractivity contribution < 1.29 is 13.6 Å². The average molecular weight is 205 g/mol. The summed E-state index contributed by atoms with van der Waals surface area (Å²) < 4.78 is 22.0. The van der Waals surface area contributed by atoms with Gasteiger partial charge in [-0.15, -0.1) is 0 Å². The summed E-state index contributed by atoms with van der Waals surface area (Å²) in [5, 5.41) is 8.29. The van der Waals surface area contributed by atoms with Crippen LogP contribution in [-0.2, 0) is 13.6 Å².